The molecule has 0 bridgehead atoms. The highest BCUT2D eigenvalue weighted by Crippen LogP contribution is 2.25. The zero-order valence-corrected chi connectivity index (χ0v) is 11.5. The highest BCUT2D eigenvalue weighted by Gasteiger charge is 2.11. The minimum absolute atomic E-state index is 0.574. The number of halogens is 2. The van der Waals surface area contributed by atoms with Crippen LogP contribution in [0.3, 0.4) is 0 Å². The third kappa shape index (κ3) is 4.40. The lowest BCUT2D eigenvalue weighted by atomic mass is 9.96. The Morgan fingerprint density at radius 1 is 0.824 bits per heavy atom. The van der Waals surface area contributed by atoms with Gasteiger partial charge in [-0.2, -0.15) is 0 Å². The Hall–Kier alpha value is -0.400. The van der Waals surface area contributed by atoms with Crippen LogP contribution in [0.15, 0.2) is 18.2 Å². The van der Waals surface area contributed by atoms with Gasteiger partial charge in [-0.15, -0.1) is 0 Å². The predicted molar refractivity (Wildman–Crippen MR) is 76.2 cm³/mol. The second-order valence-electron chi connectivity index (χ2n) is 4.84. The second kappa shape index (κ2) is 6.51. The number of benzene rings is 1. The average molecular weight is 272 g/mol. The fourth-order valence-electron chi connectivity index (χ4n) is 2.47. The molecule has 1 aromatic carbocycles. The van der Waals surface area contributed by atoms with E-state index in [0.29, 0.717) is 16.1 Å². The van der Waals surface area contributed by atoms with Crippen molar-refractivity contribution in [1.82, 2.24) is 0 Å². The lowest BCUT2D eigenvalue weighted by Crippen LogP contribution is -2.20. The molecule has 1 saturated carbocycles. The molecule has 94 valence electrons. The molecule has 1 aromatic rings. The number of anilines is 1. The molecule has 1 nitrogen and oxygen atoms in total. The fraction of sp³-hybridized carbons (Fsp3) is 0.571. The first kappa shape index (κ1) is 13.0. The summed E-state index contributed by atoms with van der Waals surface area (Å²) in [4.78, 5) is 0. The molecule has 1 aliphatic carbocycles. The number of hydrogen-bond acceptors (Lipinski definition) is 1. The molecular weight excluding hydrogens is 253 g/mol. The van der Waals surface area contributed by atoms with Crippen LogP contribution in [0, 0.1) is 0 Å². The highest BCUT2D eigenvalue weighted by atomic mass is 35.5. The summed E-state index contributed by atoms with van der Waals surface area (Å²) in [6.07, 6.45) is 9.30. The molecule has 1 aliphatic rings. The van der Waals surface area contributed by atoms with Gasteiger partial charge >= 0.3 is 0 Å². The van der Waals surface area contributed by atoms with Crippen LogP contribution in [0.25, 0.3) is 0 Å². The summed E-state index contributed by atoms with van der Waals surface area (Å²) in [5.74, 6) is 0. The van der Waals surface area contributed by atoms with E-state index in [9.17, 15) is 0 Å². The molecule has 1 N–H and O–H groups in total. The lowest BCUT2D eigenvalue weighted by molar-refractivity contribution is 0.471. The Bertz CT molecular complexity index is 337. The van der Waals surface area contributed by atoms with Crippen LogP contribution in [-0.4, -0.2) is 6.04 Å². The first-order chi connectivity index (χ1) is 8.24. The summed E-state index contributed by atoms with van der Waals surface area (Å²) in [6, 6.07) is 6.25. The van der Waals surface area contributed by atoms with Crippen LogP contribution in [-0.2, 0) is 0 Å². The zero-order valence-electron chi connectivity index (χ0n) is 10.0. The van der Waals surface area contributed by atoms with Gasteiger partial charge in [0, 0.05) is 21.8 Å². The Labute approximate surface area is 114 Å². The minimum atomic E-state index is 0.574. The van der Waals surface area contributed by atoms with Gasteiger partial charge in [-0.05, 0) is 31.0 Å². The van der Waals surface area contributed by atoms with Gasteiger partial charge < -0.3 is 5.32 Å². The quantitative estimate of drug-likeness (QED) is 0.747. The van der Waals surface area contributed by atoms with Crippen molar-refractivity contribution < 1.29 is 0 Å². The number of nitrogens with one attached hydrogen (secondary N) is 1. The summed E-state index contributed by atoms with van der Waals surface area (Å²) >= 11 is 12.0. The van der Waals surface area contributed by atoms with Gasteiger partial charge in [-0.3, -0.25) is 0 Å². The van der Waals surface area contributed by atoms with Crippen molar-refractivity contribution in [3.63, 3.8) is 0 Å². The average Bonchev–Trinajstić information content (AvgIpc) is 2.20. The van der Waals surface area contributed by atoms with Crippen molar-refractivity contribution >= 4 is 28.9 Å². The molecule has 0 unspecified atom stereocenters. The normalized spacial score (nSPS) is 18.5. The standard InChI is InChI=1S/C14H19Cl2N/c15-11-8-12(16)10-14(9-11)17-13-6-4-2-1-3-5-7-13/h8-10,13,17H,1-7H2. The summed E-state index contributed by atoms with van der Waals surface area (Å²) in [5.41, 5.74) is 1.05. The summed E-state index contributed by atoms with van der Waals surface area (Å²) < 4.78 is 0. The molecule has 0 spiro atoms. The minimum Gasteiger partial charge on any atom is -0.382 e. The molecule has 1 fully saturated rings. The molecule has 0 amide bonds. The summed E-state index contributed by atoms with van der Waals surface area (Å²) in [6.45, 7) is 0. The third-order valence-electron chi connectivity index (χ3n) is 3.34. The van der Waals surface area contributed by atoms with Gasteiger partial charge in [0.25, 0.3) is 0 Å². The van der Waals surface area contributed by atoms with Gasteiger partial charge in [-0.25, -0.2) is 0 Å². The van der Waals surface area contributed by atoms with Crippen LogP contribution in [0.2, 0.25) is 10.0 Å². The van der Waals surface area contributed by atoms with Crippen molar-refractivity contribution in [1.29, 1.82) is 0 Å². The van der Waals surface area contributed by atoms with Crippen LogP contribution < -0.4 is 5.32 Å². The predicted octanol–water partition coefficient (Wildman–Crippen LogP) is 5.52. The monoisotopic (exact) mass is 271 g/mol. The van der Waals surface area contributed by atoms with Crippen LogP contribution >= 0.6 is 23.2 Å². The third-order valence-corrected chi connectivity index (χ3v) is 3.77. The Morgan fingerprint density at radius 3 is 1.94 bits per heavy atom. The van der Waals surface area contributed by atoms with Crippen LogP contribution in [0.5, 0.6) is 0 Å². The Morgan fingerprint density at radius 2 is 1.35 bits per heavy atom. The molecular formula is C14H19Cl2N. The maximum absolute atomic E-state index is 6.00. The fourth-order valence-corrected chi connectivity index (χ4v) is 3.00. The Balaban J connectivity index is 1.97. The first-order valence-corrected chi connectivity index (χ1v) is 7.22. The SMILES string of the molecule is Clc1cc(Cl)cc(NC2CCCCCCC2)c1. The van der Waals surface area contributed by atoms with Crippen LogP contribution in [0.4, 0.5) is 5.69 Å². The molecule has 0 aromatic heterocycles. The van der Waals surface area contributed by atoms with Gasteiger partial charge in [0.1, 0.15) is 0 Å². The van der Waals surface area contributed by atoms with Gasteiger partial charge in [-0.1, -0.05) is 55.3 Å². The number of rotatable bonds is 2. The van der Waals surface area contributed by atoms with E-state index in [2.05, 4.69) is 5.32 Å². The smallest absolute Gasteiger partial charge is 0.0441 e. The highest BCUT2D eigenvalue weighted by molar-refractivity contribution is 6.35. The molecule has 0 atom stereocenters. The van der Waals surface area contributed by atoms with Crippen LogP contribution in [0.1, 0.15) is 44.9 Å². The lowest BCUT2D eigenvalue weighted by Gasteiger charge is -2.22. The molecule has 0 aliphatic heterocycles. The molecule has 0 saturated heterocycles. The zero-order chi connectivity index (χ0) is 12.1. The van der Waals surface area contributed by atoms with Crippen molar-refractivity contribution in [3.05, 3.63) is 28.2 Å². The summed E-state index contributed by atoms with van der Waals surface area (Å²) in [7, 11) is 0. The molecule has 0 heterocycles. The van der Waals surface area contributed by atoms with E-state index in [1.54, 1.807) is 6.07 Å². The molecule has 2 rings (SSSR count). The van der Waals surface area contributed by atoms with Crippen molar-refractivity contribution in [3.8, 4) is 0 Å². The van der Waals surface area contributed by atoms with E-state index in [4.69, 9.17) is 23.2 Å². The summed E-state index contributed by atoms with van der Waals surface area (Å²) in [5, 5.41) is 4.96. The van der Waals surface area contributed by atoms with Crippen molar-refractivity contribution in [2.75, 3.05) is 5.32 Å². The maximum Gasteiger partial charge on any atom is 0.0441 e. The van der Waals surface area contributed by atoms with Gasteiger partial charge in [0.05, 0.1) is 0 Å². The van der Waals surface area contributed by atoms with Crippen molar-refractivity contribution in [2.24, 2.45) is 0 Å². The van der Waals surface area contributed by atoms with E-state index in [-0.39, 0.29) is 0 Å². The maximum atomic E-state index is 6.00. The van der Waals surface area contributed by atoms with Crippen molar-refractivity contribution in [2.45, 2.75) is 51.0 Å². The second-order valence-corrected chi connectivity index (χ2v) is 5.72. The Kier molecular flexibility index (Phi) is 4.99. The molecule has 3 heteroatoms. The molecule has 17 heavy (non-hydrogen) atoms. The topological polar surface area (TPSA) is 12.0 Å². The van der Waals surface area contributed by atoms with E-state index in [0.717, 1.165) is 5.69 Å². The molecule has 0 radical (unpaired) electrons. The van der Waals surface area contributed by atoms with Gasteiger partial charge in [0.2, 0.25) is 0 Å². The van der Waals surface area contributed by atoms with Gasteiger partial charge in [0.15, 0.2) is 0 Å². The number of hydrogen-bond donors (Lipinski definition) is 1. The van der Waals surface area contributed by atoms with E-state index in [1.807, 2.05) is 12.1 Å². The van der Waals surface area contributed by atoms with E-state index in [1.165, 1.54) is 44.9 Å². The van der Waals surface area contributed by atoms with E-state index >= 15 is 0 Å². The van der Waals surface area contributed by atoms with E-state index < -0.39 is 0 Å². The largest absolute Gasteiger partial charge is 0.382 e. The first-order valence-electron chi connectivity index (χ1n) is 6.47.